The molecule has 7 nitrogen and oxygen atoms in total. The van der Waals surface area contributed by atoms with Crippen LogP contribution in [0.25, 0.3) is 0 Å². The van der Waals surface area contributed by atoms with Crippen molar-refractivity contribution in [3.05, 3.63) is 65.5 Å². The van der Waals surface area contributed by atoms with Crippen LogP contribution in [-0.2, 0) is 21.1 Å². The molecule has 0 saturated heterocycles. The van der Waals surface area contributed by atoms with Gasteiger partial charge in [-0.05, 0) is 49.2 Å². The predicted molar refractivity (Wildman–Crippen MR) is 123 cm³/mol. The fourth-order valence-electron chi connectivity index (χ4n) is 3.33. The monoisotopic (exact) mass is 460 g/mol. The number of aliphatic imine (C=N–C) groups is 1. The molecule has 172 valence electrons. The summed E-state index contributed by atoms with van der Waals surface area (Å²) >= 11 is 0. The summed E-state index contributed by atoms with van der Waals surface area (Å²) < 4.78 is 37.3. The van der Waals surface area contributed by atoms with Gasteiger partial charge in [0.15, 0.2) is 9.84 Å². The molecule has 0 radical (unpaired) electrons. The van der Waals surface area contributed by atoms with Crippen molar-refractivity contribution in [1.82, 2.24) is 15.5 Å². The van der Waals surface area contributed by atoms with E-state index in [4.69, 9.17) is 0 Å². The fourth-order valence-corrected chi connectivity index (χ4v) is 4.46. The molecule has 0 aliphatic carbocycles. The van der Waals surface area contributed by atoms with Gasteiger partial charge in [0.05, 0.1) is 11.4 Å². The minimum atomic E-state index is -3.53. The Kier molecular flexibility index (Phi) is 8.35. The third-order valence-electron chi connectivity index (χ3n) is 5.27. The summed E-state index contributed by atoms with van der Waals surface area (Å²) in [5, 5.41) is 6.10. The van der Waals surface area contributed by atoms with Crippen molar-refractivity contribution in [3.63, 3.8) is 0 Å². The molecule has 32 heavy (non-hydrogen) atoms. The van der Waals surface area contributed by atoms with Crippen LogP contribution in [-0.4, -0.2) is 64.2 Å². The molecule has 1 heterocycles. The molecule has 0 aromatic heterocycles. The molecule has 3 rings (SSSR count). The smallest absolute Gasteiger partial charge is 0.222 e. The van der Waals surface area contributed by atoms with Crippen molar-refractivity contribution in [2.24, 2.45) is 4.99 Å². The number of amides is 1. The lowest BCUT2D eigenvalue weighted by molar-refractivity contribution is -0.129. The second-order valence-corrected chi connectivity index (χ2v) is 9.73. The van der Waals surface area contributed by atoms with E-state index in [2.05, 4.69) is 27.8 Å². The first kappa shape index (κ1) is 23.9. The zero-order chi connectivity index (χ0) is 23.0. The molecule has 1 amide bonds. The Morgan fingerprint density at radius 2 is 1.88 bits per heavy atom. The summed E-state index contributed by atoms with van der Waals surface area (Å²) in [4.78, 5) is 18.5. The Hall–Kier alpha value is -2.78. The van der Waals surface area contributed by atoms with Crippen LogP contribution in [0.4, 0.5) is 4.39 Å². The molecule has 2 aromatic carbocycles. The number of nitrogens with one attached hydrogen (secondary N) is 2. The molecule has 0 atom stereocenters. The van der Waals surface area contributed by atoms with Crippen molar-refractivity contribution in [3.8, 4) is 0 Å². The molecule has 1 aliphatic heterocycles. The maximum atomic E-state index is 12.9. The highest BCUT2D eigenvalue weighted by Crippen LogP contribution is 2.11. The Bertz CT molecular complexity index is 1040. The van der Waals surface area contributed by atoms with Crippen molar-refractivity contribution in [1.29, 1.82) is 0 Å². The number of rotatable bonds is 11. The Morgan fingerprint density at radius 1 is 1.16 bits per heavy atom. The van der Waals surface area contributed by atoms with Crippen LogP contribution in [0.5, 0.6) is 0 Å². The van der Waals surface area contributed by atoms with E-state index in [1.54, 1.807) is 11.9 Å². The van der Waals surface area contributed by atoms with Crippen molar-refractivity contribution < 1.29 is 17.6 Å². The molecule has 2 N–H and O–H groups in total. The van der Waals surface area contributed by atoms with Crippen molar-refractivity contribution in [2.75, 3.05) is 39.1 Å². The summed E-state index contributed by atoms with van der Waals surface area (Å²) in [6, 6.07) is 12.9. The third kappa shape index (κ3) is 6.86. The lowest BCUT2D eigenvalue weighted by atomic mass is 10.1. The zero-order valence-electron chi connectivity index (χ0n) is 18.2. The number of hydrogen-bond donors (Lipinski definition) is 2. The SMILES string of the molecule is CN(CCc1ccc(C2=NCCN2)cc1)C(=O)CCCNCS(=O)(=O)c1ccc(F)cc1. The maximum absolute atomic E-state index is 12.9. The van der Waals surface area contributed by atoms with Crippen LogP contribution >= 0.6 is 0 Å². The number of amidine groups is 1. The number of likely N-dealkylation sites (N-methyl/N-ethyl adjacent to an activating group) is 1. The summed E-state index contributed by atoms with van der Waals surface area (Å²) in [6.45, 7) is 2.70. The summed E-state index contributed by atoms with van der Waals surface area (Å²) in [5.41, 5.74) is 2.23. The molecule has 1 aliphatic rings. The first-order chi connectivity index (χ1) is 15.3. The normalized spacial score (nSPS) is 13.5. The van der Waals surface area contributed by atoms with Gasteiger partial charge in [-0.3, -0.25) is 9.79 Å². The van der Waals surface area contributed by atoms with Gasteiger partial charge < -0.3 is 15.5 Å². The van der Waals surface area contributed by atoms with Gasteiger partial charge in [0.25, 0.3) is 0 Å². The van der Waals surface area contributed by atoms with Crippen LogP contribution < -0.4 is 10.6 Å². The maximum Gasteiger partial charge on any atom is 0.222 e. The highest BCUT2D eigenvalue weighted by atomic mass is 32.2. The van der Waals surface area contributed by atoms with Gasteiger partial charge in [-0.2, -0.15) is 0 Å². The van der Waals surface area contributed by atoms with E-state index in [1.165, 1.54) is 12.1 Å². The number of carbonyl (C=O) groups is 1. The molecule has 9 heteroatoms. The summed E-state index contributed by atoms with van der Waals surface area (Å²) in [6.07, 6.45) is 1.63. The van der Waals surface area contributed by atoms with E-state index in [0.29, 0.717) is 25.9 Å². The quantitative estimate of drug-likeness (QED) is 0.395. The van der Waals surface area contributed by atoms with Gasteiger partial charge in [0.2, 0.25) is 5.91 Å². The van der Waals surface area contributed by atoms with Gasteiger partial charge in [-0.15, -0.1) is 0 Å². The van der Waals surface area contributed by atoms with E-state index in [0.717, 1.165) is 48.6 Å². The lowest BCUT2D eigenvalue weighted by Gasteiger charge is -2.17. The number of halogens is 1. The average molecular weight is 461 g/mol. The van der Waals surface area contributed by atoms with E-state index < -0.39 is 15.7 Å². The number of benzene rings is 2. The zero-order valence-corrected chi connectivity index (χ0v) is 19.0. The minimum Gasteiger partial charge on any atom is -0.368 e. The molecule has 0 spiro atoms. The first-order valence-corrected chi connectivity index (χ1v) is 12.3. The second kappa shape index (κ2) is 11.2. The second-order valence-electron chi connectivity index (χ2n) is 7.74. The van der Waals surface area contributed by atoms with Crippen LogP contribution in [0.2, 0.25) is 0 Å². The van der Waals surface area contributed by atoms with Crippen LogP contribution in [0.1, 0.15) is 24.0 Å². The van der Waals surface area contributed by atoms with Gasteiger partial charge in [0.1, 0.15) is 17.5 Å². The average Bonchev–Trinajstić information content (AvgIpc) is 3.32. The predicted octanol–water partition coefficient (Wildman–Crippen LogP) is 1.98. The summed E-state index contributed by atoms with van der Waals surface area (Å²) in [7, 11) is -1.75. The number of sulfone groups is 1. The standard InChI is InChI=1S/C23H29FN4O3S/c1-28(16-12-18-4-6-19(7-5-18)23-26-14-15-27-23)22(29)3-2-13-25-17-32(30,31)21-10-8-20(24)9-11-21/h4-11,25H,2-3,12-17H2,1H3,(H,26,27). The van der Waals surface area contributed by atoms with Gasteiger partial charge in [0, 0.05) is 32.1 Å². The molecule has 0 fully saturated rings. The fraction of sp³-hybridized carbons (Fsp3) is 0.391. The Morgan fingerprint density at radius 3 is 2.53 bits per heavy atom. The number of carbonyl (C=O) groups excluding carboxylic acids is 1. The van der Waals surface area contributed by atoms with Crippen molar-refractivity contribution in [2.45, 2.75) is 24.2 Å². The van der Waals surface area contributed by atoms with E-state index >= 15 is 0 Å². The Labute approximate surface area is 188 Å². The first-order valence-electron chi connectivity index (χ1n) is 10.7. The van der Waals surface area contributed by atoms with E-state index in [9.17, 15) is 17.6 Å². The Balaban J connectivity index is 1.33. The highest BCUT2D eigenvalue weighted by Gasteiger charge is 2.14. The van der Waals surface area contributed by atoms with Gasteiger partial charge in [-0.1, -0.05) is 24.3 Å². The minimum absolute atomic E-state index is 0.0225. The lowest BCUT2D eigenvalue weighted by Crippen LogP contribution is -2.30. The van der Waals surface area contributed by atoms with E-state index in [-0.39, 0.29) is 16.7 Å². The third-order valence-corrected chi connectivity index (χ3v) is 6.85. The molecule has 0 bridgehead atoms. The van der Waals surface area contributed by atoms with Crippen LogP contribution in [0.3, 0.4) is 0 Å². The molecule has 0 saturated carbocycles. The molecule has 2 aromatic rings. The van der Waals surface area contributed by atoms with Crippen molar-refractivity contribution >= 4 is 21.6 Å². The molecular formula is C23H29FN4O3S. The molecule has 0 unspecified atom stereocenters. The van der Waals surface area contributed by atoms with E-state index in [1.807, 2.05) is 12.1 Å². The number of hydrogen-bond acceptors (Lipinski definition) is 6. The summed E-state index contributed by atoms with van der Waals surface area (Å²) in [5.74, 6) is 0.228. The van der Waals surface area contributed by atoms with Crippen LogP contribution in [0.15, 0.2) is 58.4 Å². The van der Waals surface area contributed by atoms with Gasteiger partial charge in [-0.25, -0.2) is 12.8 Å². The largest absolute Gasteiger partial charge is 0.368 e. The molecular weight excluding hydrogens is 431 g/mol. The highest BCUT2D eigenvalue weighted by molar-refractivity contribution is 7.91. The van der Waals surface area contributed by atoms with Crippen LogP contribution in [0, 0.1) is 5.82 Å². The number of nitrogens with zero attached hydrogens (tertiary/aromatic N) is 2. The van der Waals surface area contributed by atoms with Gasteiger partial charge >= 0.3 is 0 Å². The topological polar surface area (TPSA) is 90.9 Å².